The van der Waals surface area contributed by atoms with E-state index in [1.807, 2.05) is 17.5 Å². The van der Waals surface area contributed by atoms with E-state index in [0.29, 0.717) is 39.2 Å². The Morgan fingerprint density at radius 2 is 1.90 bits per heavy atom. The van der Waals surface area contributed by atoms with Gasteiger partial charge in [-0.05, 0) is 41.8 Å². The van der Waals surface area contributed by atoms with Crippen LogP contribution in [0.25, 0.3) is 0 Å². The van der Waals surface area contributed by atoms with Crippen LogP contribution in [0.1, 0.15) is 25.6 Å². The van der Waals surface area contributed by atoms with E-state index in [2.05, 4.69) is 5.32 Å². The number of carbonyl (C=O) groups excluding carboxylic acids is 2. The Morgan fingerprint density at radius 3 is 2.57 bits per heavy atom. The van der Waals surface area contributed by atoms with E-state index < -0.39 is 0 Å². The van der Waals surface area contributed by atoms with Gasteiger partial charge in [-0.25, -0.2) is 0 Å². The van der Waals surface area contributed by atoms with Crippen molar-refractivity contribution >= 4 is 40.4 Å². The van der Waals surface area contributed by atoms with Crippen molar-refractivity contribution in [3.8, 4) is 11.5 Å². The average Bonchev–Trinajstić information content (AvgIpc) is 3.30. The molecule has 0 saturated carbocycles. The Hall–Kier alpha value is -3.03. The number of benzene rings is 2. The highest BCUT2D eigenvalue weighted by molar-refractivity contribution is 7.12. The van der Waals surface area contributed by atoms with Crippen molar-refractivity contribution in [3.05, 3.63) is 74.9 Å². The van der Waals surface area contributed by atoms with Gasteiger partial charge in [0.1, 0.15) is 11.5 Å². The van der Waals surface area contributed by atoms with Crippen LogP contribution in [0, 0.1) is 0 Å². The van der Waals surface area contributed by atoms with Crippen LogP contribution in [0.4, 0.5) is 5.69 Å². The predicted molar refractivity (Wildman–Crippen MR) is 119 cm³/mol. The van der Waals surface area contributed by atoms with Gasteiger partial charge < -0.3 is 19.7 Å². The molecule has 3 aromatic rings. The maximum Gasteiger partial charge on any atom is 0.265 e. The summed E-state index contributed by atoms with van der Waals surface area (Å²) in [5, 5.41) is 4.94. The maximum atomic E-state index is 13.0. The summed E-state index contributed by atoms with van der Waals surface area (Å²) in [6.07, 6.45) is 0. The molecule has 8 heteroatoms. The number of nitrogens with zero attached hydrogens (tertiary/aromatic N) is 1. The Kier molecular flexibility index (Phi) is 6.97. The van der Waals surface area contributed by atoms with E-state index >= 15 is 0 Å². The number of carbonyl (C=O) groups is 2. The molecule has 0 fully saturated rings. The fraction of sp³-hybridized carbons (Fsp3) is 0.182. The van der Waals surface area contributed by atoms with Crippen LogP contribution >= 0.6 is 22.9 Å². The smallest absolute Gasteiger partial charge is 0.265 e. The molecule has 1 N–H and O–H groups in total. The lowest BCUT2D eigenvalue weighted by Gasteiger charge is -2.20. The molecule has 1 heterocycles. The van der Waals surface area contributed by atoms with Gasteiger partial charge in [0, 0.05) is 30.8 Å². The monoisotopic (exact) mass is 444 g/mol. The molecule has 2 aromatic carbocycles. The first-order chi connectivity index (χ1) is 14.4. The number of anilines is 1. The van der Waals surface area contributed by atoms with Crippen molar-refractivity contribution in [2.24, 2.45) is 0 Å². The van der Waals surface area contributed by atoms with E-state index in [9.17, 15) is 9.59 Å². The molecule has 2 amide bonds. The van der Waals surface area contributed by atoms with Crippen LogP contribution in [-0.2, 0) is 6.54 Å². The lowest BCUT2D eigenvalue weighted by molar-refractivity contribution is 0.0784. The highest BCUT2D eigenvalue weighted by Gasteiger charge is 2.17. The van der Waals surface area contributed by atoms with Gasteiger partial charge in [0.05, 0.1) is 29.8 Å². The van der Waals surface area contributed by atoms with Crippen molar-refractivity contribution < 1.29 is 19.1 Å². The fourth-order valence-corrected chi connectivity index (χ4v) is 3.66. The number of hydrogen-bond donors (Lipinski definition) is 1. The van der Waals surface area contributed by atoms with Crippen LogP contribution in [0.3, 0.4) is 0 Å². The van der Waals surface area contributed by atoms with Crippen molar-refractivity contribution in [1.82, 2.24) is 4.90 Å². The molecule has 0 bridgehead atoms. The summed E-state index contributed by atoms with van der Waals surface area (Å²) in [7, 11) is 4.85. The number of nitrogens with one attached hydrogen (secondary N) is 1. The van der Waals surface area contributed by atoms with E-state index in [4.69, 9.17) is 21.1 Å². The number of amides is 2. The van der Waals surface area contributed by atoms with Gasteiger partial charge in [0.2, 0.25) is 0 Å². The molecule has 156 valence electrons. The summed E-state index contributed by atoms with van der Waals surface area (Å²) in [4.78, 5) is 27.4. The van der Waals surface area contributed by atoms with E-state index in [0.717, 1.165) is 5.56 Å². The molecule has 0 spiro atoms. The van der Waals surface area contributed by atoms with Gasteiger partial charge in [-0.2, -0.15) is 0 Å². The topological polar surface area (TPSA) is 67.9 Å². The third-order valence-electron chi connectivity index (χ3n) is 4.45. The summed E-state index contributed by atoms with van der Waals surface area (Å²) in [6.45, 7) is 0.339. The van der Waals surface area contributed by atoms with E-state index in [1.165, 1.54) is 11.3 Å². The molecule has 0 saturated heterocycles. The SMILES string of the molecule is COc1ccc(CN(C)C(=O)c2ccc(Cl)c(NC(=O)c3cccs3)c2)c(OC)c1. The molecule has 0 unspecified atom stereocenters. The van der Waals surface area contributed by atoms with Crippen molar-refractivity contribution in [1.29, 1.82) is 0 Å². The number of rotatable bonds is 7. The van der Waals surface area contributed by atoms with Crippen molar-refractivity contribution in [3.63, 3.8) is 0 Å². The van der Waals surface area contributed by atoms with E-state index in [1.54, 1.807) is 62.6 Å². The second kappa shape index (κ2) is 9.65. The van der Waals surface area contributed by atoms with Crippen LogP contribution in [0.15, 0.2) is 53.9 Å². The van der Waals surface area contributed by atoms with Gasteiger partial charge >= 0.3 is 0 Å². The van der Waals surface area contributed by atoms with Crippen molar-refractivity contribution in [2.75, 3.05) is 26.6 Å². The molecule has 1 aromatic heterocycles. The normalized spacial score (nSPS) is 10.4. The summed E-state index contributed by atoms with van der Waals surface area (Å²) >= 11 is 7.55. The Morgan fingerprint density at radius 1 is 1.10 bits per heavy atom. The lowest BCUT2D eigenvalue weighted by atomic mass is 10.1. The lowest BCUT2D eigenvalue weighted by Crippen LogP contribution is -2.26. The zero-order valence-electron chi connectivity index (χ0n) is 16.8. The van der Waals surface area contributed by atoms with Crippen molar-refractivity contribution in [2.45, 2.75) is 6.54 Å². The zero-order valence-corrected chi connectivity index (χ0v) is 18.3. The number of hydrogen-bond acceptors (Lipinski definition) is 5. The molecule has 0 radical (unpaired) electrons. The highest BCUT2D eigenvalue weighted by atomic mass is 35.5. The molecular weight excluding hydrogens is 424 g/mol. The largest absolute Gasteiger partial charge is 0.497 e. The first kappa shape index (κ1) is 21.7. The number of methoxy groups -OCH3 is 2. The minimum absolute atomic E-state index is 0.212. The summed E-state index contributed by atoms with van der Waals surface area (Å²) in [5.74, 6) is 0.825. The van der Waals surface area contributed by atoms with Gasteiger partial charge in [0.25, 0.3) is 11.8 Å². The standard InChI is InChI=1S/C22H21ClN2O4S/c1-25(13-15-6-8-16(28-2)12-19(15)29-3)22(27)14-7-9-17(23)18(11-14)24-21(26)20-5-4-10-30-20/h4-12H,13H2,1-3H3,(H,24,26). The Balaban J connectivity index is 1.77. The van der Waals surface area contributed by atoms with Gasteiger partial charge in [-0.1, -0.05) is 17.7 Å². The third kappa shape index (κ3) is 4.93. The molecule has 30 heavy (non-hydrogen) atoms. The Bertz CT molecular complexity index is 1050. The van der Waals surface area contributed by atoms with Gasteiger partial charge in [-0.3, -0.25) is 9.59 Å². The van der Waals surface area contributed by atoms with Gasteiger partial charge in [-0.15, -0.1) is 11.3 Å². The maximum absolute atomic E-state index is 13.0. The average molecular weight is 445 g/mol. The quantitative estimate of drug-likeness (QED) is 0.560. The molecule has 3 rings (SSSR count). The first-order valence-corrected chi connectivity index (χ1v) is 10.3. The molecule has 0 atom stereocenters. The number of halogens is 1. The van der Waals surface area contributed by atoms with Crippen LogP contribution in [0.5, 0.6) is 11.5 Å². The Labute approximate surface area is 184 Å². The second-order valence-corrected chi connectivity index (χ2v) is 7.82. The minimum atomic E-state index is -0.271. The zero-order chi connectivity index (χ0) is 21.7. The molecule has 0 aliphatic heterocycles. The summed E-state index contributed by atoms with van der Waals surface area (Å²) < 4.78 is 10.6. The van der Waals surface area contributed by atoms with E-state index in [-0.39, 0.29) is 11.8 Å². The first-order valence-electron chi connectivity index (χ1n) is 9.03. The predicted octanol–water partition coefficient (Wildman–Crippen LogP) is 4.94. The van der Waals surface area contributed by atoms with Crippen LogP contribution in [0.2, 0.25) is 5.02 Å². The summed E-state index contributed by atoms with van der Waals surface area (Å²) in [6, 6.07) is 13.8. The van der Waals surface area contributed by atoms with Crippen LogP contribution in [-0.4, -0.2) is 38.0 Å². The third-order valence-corrected chi connectivity index (χ3v) is 5.65. The molecule has 6 nitrogen and oxygen atoms in total. The minimum Gasteiger partial charge on any atom is -0.497 e. The van der Waals surface area contributed by atoms with Gasteiger partial charge in [0.15, 0.2) is 0 Å². The molecule has 0 aliphatic rings. The second-order valence-electron chi connectivity index (χ2n) is 6.47. The summed E-state index contributed by atoms with van der Waals surface area (Å²) in [5.41, 5.74) is 1.64. The fourth-order valence-electron chi connectivity index (χ4n) is 2.88. The highest BCUT2D eigenvalue weighted by Crippen LogP contribution is 2.27. The molecular formula is C22H21ClN2O4S. The molecule has 0 aliphatic carbocycles. The number of ether oxygens (including phenoxy) is 2. The number of thiophene rings is 1. The van der Waals surface area contributed by atoms with Crippen LogP contribution < -0.4 is 14.8 Å².